The first kappa shape index (κ1) is 19.3. The molecule has 0 fully saturated rings. The fourth-order valence-corrected chi connectivity index (χ4v) is 3.61. The lowest BCUT2D eigenvalue weighted by Gasteiger charge is -2.27. The normalized spacial score (nSPS) is 16.0. The van der Waals surface area contributed by atoms with Crippen molar-refractivity contribution in [2.45, 2.75) is 44.8 Å². The molecule has 3 rings (SSSR count). The van der Waals surface area contributed by atoms with E-state index in [1.807, 2.05) is 38.1 Å². The zero-order chi connectivity index (χ0) is 19.4. The number of primary amides is 1. The highest BCUT2D eigenvalue weighted by Gasteiger charge is 2.33. The van der Waals surface area contributed by atoms with Gasteiger partial charge in [-0.1, -0.05) is 44.2 Å². The summed E-state index contributed by atoms with van der Waals surface area (Å²) in [4.78, 5) is 16.7. The number of nitrogens with two attached hydrogens (primary N) is 1. The van der Waals surface area contributed by atoms with E-state index >= 15 is 0 Å². The molecular weight excluding hydrogens is 362 g/mol. The Balaban J connectivity index is 2.03. The molecule has 0 radical (unpaired) electrons. The number of aromatic nitrogens is 3. The summed E-state index contributed by atoms with van der Waals surface area (Å²) in [7, 11) is 0. The maximum Gasteiger partial charge on any atom is 0.248 e. The van der Waals surface area contributed by atoms with Crippen molar-refractivity contribution in [3.63, 3.8) is 0 Å². The van der Waals surface area contributed by atoms with Crippen molar-refractivity contribution in [2.24, 2.45) is 5.73 Å². The lowest BCUT2D eigenvalue weighted by Crippen LogP contribution is -2.31. The Hall–Kier alpha value is -2.48. The van der Waals surface area contributed by atoms with Gasteiger partial charge in [-0.15, -0.1) is 5.10 Å². The molecule has 144 valence electrons. The smallest absolute Gasteiger partial charge is 0.248 e. The van der Waals surface area contributed by atoms with E-state index in [0.29, 0.717) is 29.0 Å². The molecule has 2 heterocycles. The number of hydrogen-bond acceptors (Lipinski definition) is 6. The molecule has 1 amide bonds. The number of rotatable bonds is 8. The largest absolute Gasteiger partial charge is 0.494 e. The third-order valence-electron chi connectivity index (χ3n) is 4.31. The predicted octanol–water partition coefficient (Wildman–Crippen LogP) is 3.34. The number of unbranched alkanes of at least 4 members (excludes halogenated alkanes) is 1. The maximum atomic E-state index is 12.2. The molecule has 0 saturated heterocycles. The molecule has 8 heteroatoms. The number of thioether (sulfide) groups is 1. The van der Waals surface area contributed by atoms with Crippen molar-refractivity contribution in [3.8, 4) is 5.75 Å². The number of nitrogens with one attached hydrogen (secondary N) is 1. The monoisotopic (exact) mass is 387 g/mol. The van der Waals surface area contributed by atoms with E-state index in [0.717, 1.165) is 29.9 Å². The van der Waals surface area contributed by atoms with Crippen LogP contribution in [0, 0.1) is 0 Å². The zero-order valence-electron chi connectivity index (χ0n) is 15.9. The van der Waals surface area contributed by atoms with E-state index in [9.17, 15) is 4.79 Å². The average molecular weight is 388 g/mol. The molecule has 27 heavy (non-hydrogen) atoms. The van der Waals surface area contributed by atoms with Crippen LogP contribution in [0.4, 0.5) is 5.95 Å². The number of fused-ring (bicyclic) bond motifs is 1. The first-order chi connectivity index (χ1) is 13.0. The minimum atomic E-state index is -0.479. The fraction of sp³-hybridized carbons (Fsp3) is 0.421. The van der Waals surface area contributed by atoms with E-state index in [2.05, 4.69) is 22.3 Å². The lowest BCUT2D eigenvalue weighted by atomic mass is 9.95. The summed E-state index contributed by atoms with van der Waals surface area (Å²) in [6, 6.07) is 7.30. The third kappa shape index (κ3) is 4.10. The Morgan fingerprint density at radius 3 is 2.93 bits per heavy atom. The highest BCUT2D eigenvalue weighted by Crippen LogP contribution is 2.36. The van der Waals surface area contributed by atoms with Gasteiger partial charge in [-0.3, -0.25) is 4.79 Å². The van der Waals surface area contributed by atoms with E-state index in [1.165, 1.54) is 0 Å². The Bertz CT molecular complexity index is 862. The van der Waals surface area contributed by atoms with Crippen LogP contribution in [0.5, 0.6) is 5.75 Å². The summed E-state index contributed by atoms with van der Waals surface area (Å²) in [6.07, 6.45) is 2.07. The molecule has 0 saturated carbocycles. The minimum absolute atomic E-state index is 0.438. The molecule has 1 aromatic carbocycles. The number of benzene rings is 1. The number of hydrogen-bond donors (Lipinski definition) is 2. The lowest BCUT2D eigenvalue weighted by molar-refractivity contribution is -0.115. The molecule has 0 spiro atoms. The maximum absolute atomic E-state index is 12.2. The molecule has 3 N–H and O–H groups in total. The summed E-state index contributed by atoms with van der Waals surface area (Å²) in [5, 5.41) is 8.41. The molecule has 1 aromatic heterocycles. The molecule has 0 bridgehead atoms. The van der Waals surface area contributed by atoms with Gasteiger partial charge < -0.3 is 15.8 Å². The van der Waals surface area contributed by atoms with E-state index in [4.69, 9.17) is 10.5 Å². The third-order valence-corrected chi connectivity index (χ3v) is 5.03. The van der Waals surface area contributed by atoms with Gasteiger partial charge in [0.15, 0.2) is 0 Å². The van der Waals surface area contributed by atoms with Crippen LogP contribution in [-0.2, 0) is 4.79 Å². The summed E-state index contributed by atoms with van der Waals surface area (Å²) in [5.74, 6) is 1.76. The van der Waals surface area contributed by atoms with Crippen LogP contribution in [0.1, 0.15) is 45.2 Å². The number of amides is 1. The standard InChI is InChI=1S/C19H25N5O2S/c1-4-6-10-26-14-9-7-8-13(11-14)16-15(17(20)25)12(3)21-18-22-19(27-5-2)23-24(16)18/h7-9,11,16H,4-6,10H2,1-3H3,(H2,20,25)(H,21,22,23). The molecule has 2 aromatic rings. The van der Waals surface area contributed by atoms with Crippen LogP contribution in [0.15, 0.2) is 40.7 Å². The van der Waals surface area contributed by atoms with Crippen LogP contribution in [-0.4, -0.2) is 33.0 Å². The van der Waals surface area contributed by atoms with Gasteiger partial charge in [0, 0.05) is 5.70 Å². The molecular formula is C19H25N5O2S. The van der Waals surface area contributed by atoms with Gasteiger partial charge in [-0.05, 0) is 36.8 Å². The summed E-state index contributed by atoms with van der Waals surface area (Å²) >= 11 is 1.55. The summed E-state index contributed by atoms with van der Waals surface area (Å²) in [6.45, 7) is 6.67. The van der Waals surface area contributed by atoms with E-state index < -0.39 is 11.9 Å². The number of carbonyl (C=O) groups excluding carboxylic acids is 1. The van der Waals surface area contributed by atoms with Crippen LogP contribution >= 0.6 is 11.8 Å². The van der Waals surface area contributed by atoms with Crippen molar-refractivity contribution < 1.29 is 9.53 Å². The molecule has 1 atom stereocenters. The first-order valence-corrected chi connectivity index (χ1v) is 10.1. The zero-order valence-corrected chi connectivity index (χ0v) is 16.7. The molecule has 1 aliphatic heterocycles. The second-order valence-electron chi connectivity index (χ2n) is 6.30. The second kappa shape index (κ2) is 8.47. The van der Waals surface area contributed by atoms with Crippen molar-refractivity contribution in [3.05, 3.63) is 41.1 Å². The molecule has 0 aliphatic carbocycles. The Morgan fingerprint density at radius 2 is 2.22 bits per heavy atom. The van der Waals surface area contributed by atoms with E-state index in [-0.39, 0.29) is 0 Å². The van der Waals surface area contributed by atoms with Crippen molar-refractivity contribution >= 4 is 23.6 Å². The number of carbonyl (C=O) groups is 1. The quantitative estimate of drug-likeness (QED) is 0.533. The summed E-state index contributed by atoms with van der Waals surface area (Å²) in [5.41, 5.74) is 7.77. The van der Waals surface area contributed by atoms with Crippen LogP contribution in [0.25, 0.3) is 0 Å². The van der Waals surface area contributed by atoms with Crippen molar-refractivity contribution in [1.82, 2.24) is 14.8 Å². The average Bonchev–Trinajstić information content (AvgIpc) is 3.03. The van der Waals surface area contributed by atoms with Gasteiger partial charge in [0.2, 0.25) is 17.0 Å². The highest BCUT2D eigenvalue weighted by atomic mass is 32.2. The van der Waals surface area contributed by atoms with Gasteiger partial charge in [0.1, 0.15) is 11.8 Å². The second-order valence-corrected chi connectivity index (χ2v) is 7.53. The van der Waals surface area contributed by atoms with Crippen molar-refractivity contribution in [2.75, 3.05) is 17.7 Å². The van der Waals surface area contributed by atoms with Gasteiger partial charge >= 0.3 is 0 Å². The predicted molar refractivity (Wildman–Crippen MR) is 107 cm³/mol. The number of allylic oxidation sites excluding steroid dienone is 1. The van der Waals surface area contributed by atoms with Crippen LogP contribution < -0.4 is 15.8 Å². The van der Waals surface area contributed by atoms with Gasteiger partial charge in [0.25, 0.3) is 0 Å². The van der Waals surface area contributed by atoms with E-state index in [1.54, 1.807) is 16.4 Å². The Labute approximate surface area is 163 Å². The molecule has 1 unspecified atom stereocenters. The molecule has 1 aliphatic rings. The Morgan fingerprint density at radius 1 is 1.41 bits per heavy atom. The van der Waals surface area contributed by atoms with Crippen molar-refractivity contribution in [1.29, 1.82) is 0 Å². The van der Waals surface area contributed by atoms with Gasteiger partial charge in [0.05, 0.1) is 12.2 Å². The fourth-order valence-electron chi connectivity index (χ4n) is 3.06. The number of anilines is 1. The topological polar surface area (TPSA) is 95.1 Å². The first-order valence-electron chi connectivity index (χ1n) is 9.14. The number of nitrogens with zero attached hydrogens (tertiary/aromatic N) is 3. The Kier molecular flexibility index (Phi) is 6.05. The van der Waals surface area contributed by atoms with Crippen LogP contribution in [0.2, 0.25) is 0 Å². The minimum Gasteiger partial charge on any atom is -0.494 e. The SMILES string of the molecule is CCCCOc1cccc(C2C(C(N)=O)=C(C)Nc3nc(SCC)nn32)c1. The van der Waals surface area contributed by atoms with Gasteiger partial charge in [-0.25, -0.2) is 4.68 Å². The van der Waals surface area contributed by atoms with Crippen LogP contribution in [0.3, 0.4) is 0 Å². The van der Waals surface area contributed by atoms with Gasteiger partial charge in [-0.2, -0.15) is 4.98 Å². The highest BCUT2D eigenvalue weighted by molar-refractivity contribution is 7.99. The molecule has 7 nitrogen and oxygen atoms in total. The number of ether oxygens (including phenoxy) is 1. The summed E-state index contributed by atoms with van der Waals surface area (Å²) < 4.78 is 7.57.